The Kier molecular flexibility index (Phi) is 3.82. The topological polar surface area (TPSA) is 29.9 Å². The first kappa shape index (κ1) is 10.1. The van der Waals surface area contributed by atoms with Gasteiger partial charge < -0.3 is 9.88 Å². The Balaban J connectivity index is 2.22. The van der Waals surface area contributed by atoms with Gasteiger partial charge in [-0.1, -0.05) is 0 Å². The van der Waals surface area contributed by atoms with Gasteiger partial charge in [-0.25, -0.2) is 13.8 Å². The minimum absolute atomic E-state index is 0.0307. The van der Waals surface area contributed by atoms with Crippen LogP contribution in [-0.2, 0) is 6.54 Å². The van der Waals surface area contributed by atoms with Gasteiger partial charge in [0.1, 0.15) is 0 Å². The van der Waals surface area contributed by atoms with E-state index in [1.165, 1.54) is 0 Å². The second kappa shape index (κ2) is 4.91. The molecule has 0 amide bonds. The molecule has 0 bridgehead atoms. The molecule has 0 aromatic carbocycles. The zero-order valence-corrected chi connectivity index (χ0v) is 7.45. The SMILES string of the molecule is CC(Cn1ccnc1)NCC(F)F. The molecule has 3 nitrogen and oxygen atoms in total. The second-order valence-electron chi connectivity index (χ2n) is 2.96. The van der Waals surface area contributed by atoms with Crippen molar-refractivity contribution in [2.24, 2.45) is 0 Å². The van der Waals surface area contributed by atoms with Crippen molar-refractivity contribution in [3.63, 3.8) is 0 Å². The maximum absolute atomic E-state index is 11.8. The number of imidazole rings is 1. The van der Waals surface area contributed by atoms with E-state index >= 15 is 0 Å². The summed E-state index contributed by atoms with van der Waals surface area (Å²) in [4.78, 5) is 3.86. The molecule has 0 aliphatic heterocycles. The third-order valence-electron chi connectivity index (χ3n) is 1.66. The van der Waals surface area contributed by atoms with Gasteiger partial charge in [-0.2, -0.15) is 0 Å². The molecule has 1 atom stereocenters. The van der Waals surface area contributed by atoms with Crippen LogP contribution in [0.15, 0.2) is 18.7 Å². The van der Waals surface area contributed by atoms with E-state index in [1.807, 2.05) is 11.5 Å². The average Bonchev–Trinajstić information content (AvgIpc) is 2.53. The van der Waals surface area contributed by atoms with Crippen LogP contribution >= 0.6 is 0 Å². The van der Waals surface area contributed by atoms with Gasteiger partial charge in [-0.15, -0.1) is 0 Å². The Morgan fingerprint density at radius 3 is 2.85 bits per heavy atom. The zero-order chi connectivity index (χ0) is 9.68. The van der Waals surface area contributed by atoms with Crippen molar-refractivity contribution in [1.82, 2.24) is 14.9 Å². The number of hydrogen-bond donors (Lipinski definition) is 1. The Morgan fingerprint density at radius 2 is 2.31 bits per heavy atom. The van der Waals surface area contributed by atoms with Crippen molar-refractivity contribution in [3.05, 3.63) is 18.7 Å². The third kappa shape index (κ3) is 3.98. The molecule has 0 aliphatic rings. The lowest BCUT2D eigenvalue weighted by atomic mass is 10.3. The highest BCUT2D eigenvalue weighted by atomic mass is 19.3. The van der Waals surface area contributed by atoms with Crippen molar-refractivity contribution in [2.75, 3.05) is 6.54 Å². The summed E-state index contributed by atoms with van der Waals surface area (Å²) in [5.74, 6) is 0. The van der Waals surface area contributed by atoms with Crippen LogP contribution in [0.5, 0.6) is 0 Å². The third-order valence-corrected chi connectivity index (χ3v) is 1.66. The molecular formula is C8H13F2N3. The van der Waals surface area contributed by atoms with E-state index in [0.717, 1.165) is 0 Å². The van der Waals surface area contributed by atoms with Crippen LogP contribution in [0.1, 0.15) is 6.92 Å². The van der Waals surface area contributed by atoms with Crippen molar-refractivity contribution in [2.45, 2.75) is 25.9 Å². The van der Waals surface area contributed by atoms with Gasteiger partial charge in [0.15, 0.2) is 0 Å². The molecule has 1 rings (SSSR count). The Bertz CT molecular complexity index is 223. The molecule has 0 saturated carbocycles. The lowest BCUT2D eigenvalue weighted by Gasteiger charge is -2.13. The van der Waals surface area contributed by atoms with Crippen LogP contribution in [0.4, 0.5) is 8.78 Å². The molecule has 5 heteroatoms. The highest BCUT2D eigenvalue weighted by molar-refractivity contribution is 4.76. The fourth-order valence-electron chi connectivity index (χ4n) is 1.07. The molecule has 0 radical (unpaired) electrons. The highest BCUT2D eigenvalue weighted by Gasteiger charge is 2.06. The maximum Gasteiger partial charge on any atom is 0.250 e. The van der Waals surface area contributed by atoms with Crippen LogP contribution in [-0.4, -0.2) is 28.6 Å². The first-order valence-corrected chi connectivity index (χ1v) is 4.15. The molecule has 0 fully saturated rings. The number of rotatable bonds is 5. The van der Waals surface area contributed by atoms with Crippen molar-refractivity contribution in [1.29, 1.82) is 0 Å². The standard InChI is InChI=1S/C8H13F2N3/c1-7(12-4-8(9)10)5-13-3-2-11-6-13/h2-3,6-8,12H,4-5H2,1H3. The van der Waals surface area contributed by atoms with E-state index in [-0.39, 0.29) is 12.6 Å². The summed E-state index contributed by atoms with van der Waals surface area (Å²) in [6.45, 7) is 2.27. The molecular weight excluding hydrogens is 176 g/mol. The molecule has 0 spiro atoms. The number of halogens is 2. The molecule has 0 aliphatic carbocycles. The van der Waals surface area contributed by atoms with Gasteiger partial charge in [-0.3, -0.25) is 0 Å². The average molecular weight is 189 g/mol. The molecule has 1 unspecified atom stereocenters. The molecule has 74 valence electrons. The zero-order valence-electron chi connectivity index (χ0n) is 7.45. The molecule has 1 aromatic rings. The van der Waals surface area contributed by atoms with Crippen LogP contribution in [0.3, 0.4) is 0 Å². The smallest absolute Gasteiger partial charge is 0.250 e. The largest absolute Gasteiger partial charge is 0.336 e. The summed E-state index contributed by atoms with van der Waals surface area (Å²) >= 11 is 0. The first-order chi connectivity index (χ1) is 6.18. The second-order valence-corrected chi connectivity index (χ2v) is 2.96. The van der Waals surface area contributed by atoms with E-state index < -0.39 is 6.43 Å². The van der Waals surface area contributed by atoms with Crippen molar-refractivity contribution in [3.8, 4) is 0 Å². The van der Waals surface area contributed by atoms with E-state index in [9.17, 15) is 8.78 Å². The fraction of sp³-hybridized carbons (Fsp3) is 0.625. The van der Waals surface area contributed by atoms with Gasteiger partial charge in [0, 0.05) is 25.0 Å². The normalized spacial score (nSPS) is 13.5. The van der Waals surface area contributed by atoms with Crippen LogP contribution in [0, 0.1) is 0 Å². The van der Waals surface area contributed by atoms with Crippen molar-refractivity contribution >= 4 is 0 Å². The minimum atomic E-state index is -2.29. The van der Waals surface area contributed by atoms with Crippen molar-refractivity contribution < 1.29 is 8.78 Å². The highest BCUT2D eigenvalue weighted by Crippen LogP contribution is 1.94. The Hall–Kier alpha value is -0.970. The lowest BCUT2D eigenvalue weighted by molar-refractivity contribution is 0.141. The van der Waals surface area contributed by atoms with E-state index in [0.29, 0.717) is 6.54 Å². The summed E-state index contributed by atoms with van der Waals surface area (Å²) in [6.07, 6.45) is 2.85. The van der Waals surface area contributed by atoms with E-state index in [4.69, 9.17) is 0 Å². The summed E-state index contributed by atoms with van der Waals surface area (Å²) in [5.41, 5.74) is 0. The Morgan fingerprint density at radius 1 is 1.54 bits per heavy atom. The first-order valence-electron chi connectivity index (χ1n) is 4.15. The maximum atomic E-state index is 11.8. The minimum Gasteiger partial charge on any atom is -0.336 e. The fourth-order valence-corrected chi connectivity index (χ4v) is 1.07. The van der Waals surface area contributed by atoms with Gasteiger partial charge in [-0.05, 0) is 6.92 Å². The van der Waals surface area contributed by atoms with Crippen LogP contribution in [0.25, 0.3) is 0 Å². The monoisotopic (exact) mass is 189 g/mol. The summed E-state index contributed by atoms with van der Waals surface area (Å²) in [5, 5.41) is 2.72. The quantitative estimate of drug-likeness (QED) is 0.752. The van der Waals surface area contributed by atoms with Gasteiger partial charge >= 0.3 is 0 Å². The number of hydrogen-bond acceptors (Lipinski definition) is 2. The lowest BCUT2D eigenvalue weighted by Crippen LogP contribution is -2.33. The van der Waals surface area contributed by atoms with Crippen LogP contribution < -0.4 is 5.32 Å². The molecule has 1 heterocycles. The van der Waals surface area contributed by atoms with Gasteiger partial charge in [0.05, 0.1) is 12.9 Å². The number of aromatic nitrogens is 2. The summed E-state index contributed by atoms with van der Waals surface area (Å²) in [6, 6.07) is 0.0307. The van der Waals surface area contributed by atoms with E-state index in [2.05, 4.69) is 10.3 Å². The Labute approximate surface area is 75.8 Å². The predicted molar refractivity (Wildman–Crippen MR) is 45.7 cm³/mol. The molecule has 0 saturated heterocycles. The number of nitrogens with one attached hydrogen (secondary N) is 1. The number of nitrogens with zero attached hydrogens (tertiary/aromatic N) is 2. The van der Waals surface area contributed by atoms with E-state index in [1.54, 1.807) is 18.7 Å². The molecule has 1 aromatic heterocycles. The molecule has 13 heavy (non-hydrogen) atoms. The summed E-state index contributed by atoms with van der Waals surface area (Å²) < 4.78 is 25.4. The predicted octanol–water partition coefficient (Wildman–Crippen LogP) is 1.13. The molecule has 1 N–H and O–H groups in total. The number of alkyl halides is 2. The van der Waals surface area contributed by atoms with Crippen LogP contribution in [0.2, 0.25) is 0 Å². The summed E-state index contributed by atoms with van der Waals surface area (Å²) in [7, 11) is 0. The van der Waals surface area contributed by atoms with Gasteiger partial charge in [0.25, 0.3) is 6.43 Å². The van der Waals surface area contributed by atoms with Gasteiger partial charge in [0.2, 0.25) is 0 Å².